The van der Waals surface area contributed by atoms with E-state index in [4.69, 9.17) is 22.1 Å². The lowest BCUT2D eigenvalue weighted by Gasteiger charge is -2.32. The molecule has 1 aromatic rings. The molecule has 0 amide bonds. The second kappa shape index (κ2) is 5.18. The highest BCUT2D eigenvalue weighted by atomic mass is 35.5. The average Bonchev–Trinajstić information content (AvgIpc) is 2.29. The Morgan fingerprint density at radius 2 is 2.00 bits per heavy atom. The Kier molecular flexibility index (Phi) is 3.82. The summed E-state index contributed by atoms with van der Waals surface area (Å²) in [5.41, 5.74) is 6.55. The van der Waals surface area contributed by atoms with E-state index in [0.717, 1.165) is 24.5 Å². The van der Waals surface area contributed by atoms with E-state index in [1.807, 2.05) is 0 Å². The summed E-state index contributed by atoms with van der Waals surface area (Å²) in [4.78, 5) is 0. The van der Waals surface area contributed by atoms with Crippen LogP contribution >= 0.6 is 11.6 Å². The Morgan fingerprint density at radius 3 is 2.71 bits per heavy atom. The third-order valence-corrected chi connectivity index (χ3v) is 4.05. The summed E-state index contributed by atoms with van der Waals surface area (Å²) < 4.78 is 5.98. The van der Waals surface area contributed by atoms with Gasteiger partial charge in [-0.05, 0) is 43.2 Å². The van der Waals surface area contributed by atoms with E-state index in [0.29, 0.717) is 16.6 Å². The van der Waals surface area contributed by atoms with E-state index >= 15 is 0 Å². The fourth-order valence-corrected chi connectivity index (χ4v) is 2.56. The first kappa shape index (κ1) is 12.6. The zero-order valence-corrected chi connectivity index (χ0v) is 11.2. The van der Waals surface area contributed by atoms with Crippen LogP contribution in [-0.2, 0) is 0 Å². The molecule has 0 saturated heterocycles. The molecule has 2 nitrogen and oxygen atoms in total. The van der Waals surface area contributed by atoms with Crippen molar-refractivity contribution < 1.29 is 4.74 Å². The summed E-state index contributed by atoms with van der Waals surface area (Å²) in [6, 6.07) is 5.39. The maximum absolute atomic E-state index is 5.98. The van der Waals surface area contributed by atoms with E-state index in [1.165, 1.54) is 6.42 Å². The van der Waals surface area contributed by atoms with Crippen LogP contribution in [0, 0.1) is 11.8 Å². The molecule has 3 heteroatoms. The molecule has 0 heterocycles. The van der Waals surface area contributed by atoms with Crippen LogP contribution in [0.25, 0.3) is 0 Å². The van der Waals surface area contributed by atoms with Gasteiger partial charge >= 0.3 is 0 Å². The van der Waals surface area contributed by atoms with Crippen LogP contribution in [0.5, 0.6) is 5.75 Å². The molecule has 3 unspecified atom stereocenters. The number of ether oxygens (including phenoxy) is 1. The van der Waals surface area contributed by atoms with Gasteiger partial charge in [-0.15, -0.1) is 0 Å². The van der Waals surface area contributed by atoms with Crippen LogP contribution in [0.15, 0.2) is 18.2 Å². The van der Waals surface area contributed by atoms with Gasteiger partial charge in [0.2, 0.25) is 0 Å². The largest absolute Gasteiger partial charge is 0.488 e. The topological polar surface area (TPSA) is 35.2 Å². The number of hydrogen-bond acceptors (Lipinski definition) is 2. The molecule has 0 spiro atoms. The summed E-state index contributed by atoms with van der Waals surface area (Å²) in [5.74, 6) is 2.24. The maximum atomic E-state index is 5.98. The smallest absolute Gasteiger partial charge is 0.144 e. The second-order valence-electron chi connectivity index (χ2n) is 5.19. The Labute approximate surface area is 108 Å². The molecule has 1 aliphatic carbocycles. The van der Waals surface area contributed by atoms with Crippen molar-refractivity contribution in [3.63, 3.8) is 0 Å². The first-order valence-electron chi connectivity index (χ1n) is 6.28. The van der Waals surface area contributed by atoms with Gasteiger partial charge in [0, 0.05) is 11.1 Å². The van der Waals surface area contributed by atoms with Crippen LogP contribution in [0.2, 0.25) is 5.02 Å². The Hall–Kier alpha value is -0.890. The van der Waals surface area contributed by atoms with Gasteiger partial charge in [0.15, 0.2) is 0 Å². The van der Waals surface area contributed by atoms with Gasteiger partial charge in [-0.3, -0.25) is 0 Å². The van der Waals surface area contributed by atoms with Crippen molar-refractivity contribution in [2.45, 2.75) is 39.2 Å². The van der Waals surface area contributed by atoms with Crippen LogP contribution < -0.4 is 10.5 Å². The van der Waals surface area contributed by atoms with E-state index in [9.17, 15) is 0 Å². The molecule has 1 fully saturated rings. The average molecular weight is 254 g/mol. The molecule has 17 heavy (non-hydrogen) atoms. The quantitative estimate of drug-likeness (QED) is 0.805. The Morgan fingerprint density at radius 1 is 1.24 bits per heavy atom. The predicted octanol–water partition coefficient (Wildman–Crippen LogP) is 4.13. The minimum atomic E-state index is 0.280. The third-order valence-electron chi connectivity index (χ3n) is 3.82. The molecule has 0 aliphatic heterocycles. The van der Waals surface area contributed by atoms with Gasteiger partial charge < -0.3 is 10.5 Å². The zero-order valence-electron chi connectivity index (χ0n) is 10.4. The lowest BCUT2D eigenvalue weighted by molar-refractivity contribution is 0.101. The zero-order chi connectivity index (χ0) is 12.4. The van der Waals surface area contributed by atoms with Crippen molar-refractivity contribution in [3.05, 3.63) is 23.2 Å². The van der Waals surface area contributed by atoms with Crippen LogP contribution in [-0.4, -0.2) is 6.10 Å². The maximum Gasteiger partial charge on any atom is 0.144 e. The second-order valence-corrected chi connectivity index (χ2v) is 5.63. The number of anilines is 1. The summed E-state index contributed by atoms with van der Waals surface area (Å²) in [6.45, 7) is 4.61. The molecule has 2 N–H and O–H groups in total. The number of hydrogen-bond donors (Lipinski definition) is 1. The molecule has 1 saturated carbocycles. The van der Waals surface area contributed by atoms with E-state index < -0.39 is 0 Å². The SMILES string of the molecule is CC1CCC(Oc2cc(Cl)ccc2N)CC1C. The monoisotopic (exact) mass is 253 g/mol. The molecule has 94 valence electrons. The summed E-state index contributed by atoms with van der Waals surface area (Å²) >= 11 is 5.95. The molecule has 0 aromatic heterocycles. The third kappa shape index (κ3) is 3.06. The van der Waals surface area contributed by atoms with Gasteiger partial charge in [0.25, 0.3) is 0 Å². The number of nitrogen functional groups attached to an aromatic ring is 1. The Bertz CT molecular complexity index is 394. The van der Waals surface area contributed by atoms with Gasteiger partial charge in [-0.2, -0.15) is 0 Å². The first-order valence-corrected chi connectivity index (χ1v) is 6.65. The number of rotatable bonds is 2. The lowest BCUT2D eigenvalue weighted by Crippen LogP contribution is -2.28. The summed E-state index contributed by atoms with van der Waals surface area (Å²) in [7, 11) is 0. The number of nitrogens with two attached hydrogens (primary N) is 1. The van der Waals surface area contributed by atoms with Crippen LogP contribution in [0.4, 0.5) is 5.69 Å². The minimum Gasteiger partial charge on any atom is -0.488 e. The van der Waals surface area contributed by atoms with Crippen LogP contribution in [0.3, 0.4) is 0 Å². The van der Waals surface area contributed by atoms with Gasteiger partial charge in [0.05, 0.1) is 11.8 Å². The van der Waals surface area contributed by atoms with E-state index in [-0.39, 0.29) is 6.10 Å². The van der Waals surface area contributed by atoms with Gasteiger partial charge in [-0.1, -0.05) is 25.4 Å². The number of benzene rings is 1. The highest BCUT2D eigenvalue weighted by Gasteiger charge is 2.26. The van der Waals surface area contributed by atoms with E-state index in [2.05, 4.69) is 13.8 Å². The fourth-order valence-electron chi connectivity index (χ4n) is 2.39. The Balaban J connectivity index is 2.03. The highest BCUT2D eigenvalue weighted by molar-refractivity contribution is 6.30. The van der Waals surface area contributed by atoms with E-state index in [1.54, 1.807) is 18.2 Å². The van der Waals surface area contributed by atoms with Crippen molar-refractivity contribution in [2.24, 2.45) is 11.8 Å². The summed E-state index contributed by atoms with van der Waals surface area (Å²) in [6.07, 6.45) is 3.72. The first-order chi connectivity index (χ1) is 8.06. The molecule has 1 aromatic carbocycles. The minimum absolute atomic E-state index is 0.280. The molecule has 0 radical (unpaired) electrons. The van der Waals surface area contributed by atoms with Crippen molar-refractivity contribution in [1.82, 2.24) is 0 Å². The molecule has 2 rings (SSSR count). The predicted molar refractivity (Wildman–Crippen MR) is 72.5 cm³/mol. The molecular formula is C14H20ClNO. The lowest BCUT2D eigenvalue weighted by atomic mass is 9.80. The standard InChI is InChI=1S/C14H20ClNO/c1-9-3-5-12(7-10(9)2)17-14-8-11(15)4-6-13(14)16/h4,6,8-10,12H,3,5,7,16H2,1-2H3. The normalized spacial score (nSPS) is 29.0. The van der Waals surface area contributed by atoms with Crippen molar-refractivity contribution in [1.29, 1.82) is 0 Å². The number of halogens is 1. The van der Waals surface area contributed by atoms with Crippen LogP contribution in [0.1, 0.15) is 33.1 Å². The molecule has 0 bridgehead atoms. The van der Waals surface area contributed by atoms with Crippen molar-refractivity contribution in [2.75, 3.05) is 5.73 Å². The van der Waals surface area contributed by atoms with Gasteiger partial charge in [-0.25, -0.2) is 0 Å². The van der Waals surface area contributed by atoms with Crippen molar-refractivity contribution in [3.8, 4) is 5.75 Å². The van der Waals surface area contributed by atoms with Crippen molar-refractivity contribution >= 4 is 17.3 Å². The molecular weight excluding hydrogens is 234 g/mol. The fraction of sp³-hybridized carbons (Fsp3) is 0.571. The summed E-state index contributed by atoms with van der Waals surface area (Å²) in [5, 5.41) is 0.673. The molecule has 1 aliphatic rings. The van der Waals surface area contributed by atoms with Gasteiger partial charge in [0.1, 0.15) is 5.75 Å². The molecule has 3 atom stereocenters. The highest BCUT2D eigenvalue weighted by Crippen LogP contribution is 2.34.